The second-order valence-corrected chi connectivity index (χ2v) is 9.04. The molecule has 2 aliphatic heterocycles. The molecular formula is C17H23Cl3N2O5. The third kappa shape index (κ3) is 5.74. The Kier molecular flexibility index (Phi) is 7.44. The predicted octanol–water partition coefficient (Wildman–Crippen LogP) is -0.192. The van der Waals surface area contributed by atoms with Crippen LogP contribution in [0.3, 0.4) is 0 Å². The Bertz CT molecular complexity index is 640. The molecule has 1 aliphatic carbocycles. The minimum absolute atomic E-state index is 0.185. The van der Waals surface area contributed by atoms with Crippen LogP contribution in [0, 0.1) is 5.92 Å². The van der Waals surface area contributed by atoms with Gasteiger partial charge in [-0.25, -0.2) is 4.79 Å². The normalized spacial score (nSPS) is 28.7. The summed E-state index contributed by atoms with van der Waals surface area (Å²) in [5, 5.41) is 12.3. The number of halogens is 3. The summed E-state index contributed by atoms with van der Waals surface area (Å²) in [7, 11) is 2.12. The third-order valence-corrected chi connectivity index (χ3v) is 4.61. The molecule has 7 nitrogen and oxygen atoms in total. The first kappa shape index (κ1) is 22.3. The van der Waals surface area contributed by atoms with Crippen molar-refractivity contribution in [3.8, 4) is 0 Å². The van der Waals surface area contributed by atoms with Crippen LogP contribution in [-0.2, 0) is 19.1 Å². The number of hydrogen-bond acceptors (Lipinski definition) is 6. The molecule has 3 rings (SSSR count). The number of nitrogens with zero attached hydrogens (tertiary/aromatic N) is 1. The average molecular weight is 442 g/mol. The molecule has 0 aromatic carbocycles. The summed E-state index contributed by atoms with van der Waals surface area (Å²) in [6, 6.07) is -0.285. The van der Waals surface area contributed by atoms with Crippen molar-refractivity contribution in [3.63, 3.8) is 0 Å². The minimum atomic E-state index is -1.29. The smallest absolute Gasteiger partial charge is 0.338 e. The van der Waals surface area contributed by atoms with E-state index in [9.17, 15) is 14.7 Å². The molecule has 1 saturated heterocycles. The molecule has 0 unspecified atom stereocenters. The van der Waals surface area contributed by atoms with Crippen LogP contribution in [0.1, 0.15) is 13.8 Å². The van der Waals surface area contributed by atoms with Crippen molar-refractivity contribution in [2.45, 2.75) is 30.0 Å². The Balaban J connectivity index is 0.000000596. The van der Waals surface area contributed by atoms with Gasteiger partial charge in [-0.15, -0.1) is 0 Å². The number of nitrogens with one attached hydrogen (secondary N) is 1. The molecule has 27 heavy (non-hydrogen) atoms. The standard InChI is InChI=1S/C16H22N2O5.CHCl3/c1-16(2)22-14(20)13(15(21)23-16)12-10(4-5-11(12)19)18-8-6-17(3)7-9-18;2-1(3)4/h4-5,10,12,20H,6-9H2,1-3H3;1H/t10-,12+;/m0./s1. The number of allylic oxidation sites excluding steroid dienone is 1. The van der Waals surface area contributed by atoms with Crippen LogP contribution in [0.5, 0.6) is 0 Å². The number of hydrogen-bond donors (Lipinski definition) is 1. The van der Waals surface area contributed by atoms with Gasteiger partial charge in [0.05, 0.1) is 37.6 Å². The van der Waals surface area contributed by atoms with Gasteiger partial charge in [-0.3, -0.25) is 9.69 Å². The van der Waals surface area contributed by atoms with Gasteiger partial charge in [-0.2, -0.15) is 0 Å². The maximum Gasteiger partial charge on any atom is 0.338 e. The van der Waals surface area contributed by atoms with E-state index < -0.39 is 27.9 Å². The van der Waals surface area contributed by atoms with Crippen molar-refractivity contribution < 1.29 is 29.1 Å². The highest BCUT2D eigenvalue weighted by Gasteiger charge is 2.44. The number of carbonyl (C=O) groups is 2. The SMILES string of the molecule is C[NH+]1CCN([C@H]2C=CC(=O)[C@@H]2C2=C([O-])OC(C)(C)OC2=O)CC1.ClC(Cl)Cl. The monoisotopic (exact) mass is 440 g/mol. The molecule has 0 radical (unpaired) electrons. The lowest BCUT2D eigenvalue weighted by Gasteiger charge is -2.42. The van der Waals surface area contributed by atoms with E-state index in [2.05, 4.69) is 11.9 Å². The maximum absolute atomic E-state index is 12.3. The number of esters is 1. The summed E-state index contributed by atoms with van der Waals surface area (Å²) in [5.41, 5.74) is -0.185. The van der Waals surface area contributed by atoms with Crippen molar-refractivity contribution in [2.24, 2.45) is 5.92 Å². The molecule has 2 heterocycles. The molecule has 0 bridgehead atoms. The zero-order valence-corrected chi connectivity index (χ0v) is 17.6. The van der Waals surface area contributed by atoms with Gasteiger partial charge in [0.25, 0.3) is 0 Å². The number of quaternary nitrogens is 1. The van der Waals surface area contributed by atoms with E-state index in [0.29, 0.717) is 0 Å². The van der Waals surface area contributed by atoms with Crippen LogP contribution in [-0.4, -0.2) is 66.0 Å². The highest BCUT2D eigenvalue weighted by atomic mass is 35.6. The van der Waals surface area contributed by atoms with E-state index in [0.717, 1.165) is 26.2 Å². The molecule has 0 aromatic heterocycles. The average Bonchev–Trinajstić information content (AvgIpc) is 2.87. The number of ether oxygens (including phenoxy) is 2. The fourth-order valence-corrected chi connectivity index (χ4v) is 3.34. The molecule has 0 aromatic rings. The van der Waals surface area contributed by atoms with Gasteiger partial charge >= 0.3 is 5.97 Å². The number of likely N-dealkylation sites (N-methyl/N-ethyl adjacent to an activating group) is 1. The summed E-state index contributed by atoms with van der Waals surface area (Å²) < 4.78 is 9.55. The second-order valence-electron chi connectivity index (χ2n) is 7.06. The van der Waals surface area contributed by atoms with Crippen LogP contribution in [0.15, 0.2) is 23.7 Å². The molecule has 0 amide bonds. The van der Waals surface area contributed by atoms with Crippen molar-refractivity contribution in [3.05, 3.63) is 23.7 Å². The fraction of sp³-hybridized carbons (Fsp3) is 0.647. The summed E-state index contributed by atoms with van der Waals surface area (Å²) >= 11 is 14.4. The zero-order chi connectivity index (χ0) is 20.4. The molecule has 2 atom stereocenters. The Morgan fingerprint density at radius 3 is 2.30 bits per heavy atom. The van der Waals surface area contributed by atoms with Gasteiger partial charge in [0.15, 0.2) is 15.9 Å². The number of carbonyl (C=O) groups excluding carboxylic acids is 2. The quantitative estimate of drug-likeness (QED) is 0.472. The maximum atomic E-state index is 12.3. The highest BCUT2D eigenvalue weighted by Crippen LogP contribution is 2.34. The van der Waals surface area contributed by atoms with Crippen LogP contribution in [0.4, 0.5) is 0 Å². The summed E-state index contributed by atoms with van der Waals surface area (Å²) in [5.74, 6) is -3.87. The van der Waals surface area contributed by atoms with E-state index in [-0.39, 0.29) is 17.4 Å². The zero-order valence-electron chi connectivity index (χ0n) is 15.3. The number of alkyl halides is 3. The first-order valence-corrected chi connectivity index (χ1v) is 9.86. The molecule has 3 aliphatic rings. The number of cyclic esters (lactones) is 1. The Morgan fingerprint density at radius 2 is 1.78 bits per heavy atom. The van der Waals surface area contributed by atoms with Crippen molar-refractivity contribution in [1.29, 1.82) is 0 Å². The highest BCUT2D eigenvalue weighted by molar-refractivity contribution is 6.63. The van der Waals surface area contributed by atoms with Gasteiger partial charge in [0, 0.05) is 19.1 Å². The minimum Gasteiger partial charge on any atom is -0.575 e. The van der Waals surface area contributed by atoms with Gasteiger partial charge in [0.2, 0.25) is 0 Å². The Labute approximate surface area is 173 Å². The fourth-order valence-electron chi connectivity index (χ4n) is 3.34. The van der Waals surface area contributed by atoms with E-state index >= 15 is 0 Å². The summed E-state index contributed by atoms with van der Waals surface area (Å²) in [6.07, 6.45) is 3.23. The topological polar surface area (TPSA) is 83.3 Å². The lowest BCUT2D eigenvalue weighted by molar-refractivity contribution is -0.884. The van der Waals surface area contributed by atoms with E-state index in [1.54, 1.807) is 6.08 Å². The van der Waals surface area contributed by atoms with Gasteiger partial charge < -0.3 is 19.5 Å². The molecule has 0 saturated carbocycles. The summed E-state index contributed by atoms with van der Waals surface area (Å²) in [4.78, 5) is 28.1. The first-order valence-electron chi connectivity index (χ1n) is 8.55. The molecule has 1 N–H and O–H groups in total. The van der Waals surface area contributed by atoms with Crippen molar-refractivity contribution in [1.82, 2.24) is 4.90 Å². The molecule has 0 spiro atoms. The Hall–Kier alpha value is -0.990. The van der Waals surface area contributed by atoms with Crippen LogP contribution < -0.4 is 10.0 Å². The molecule has 152 valence electrons. The molecule has 1 fully saturated rings. The lowest BCUT2D eigenvalue weighted by atomic mass is 9.90. The first-order chi connectivity index (χ1) is 12.5. The predicted molar refractivity (Wildman–Crippen MR) is 99.2 cm³/mol. The van der Waals surface area contributed by atoms with Crippen LogP contribution in [0.2, 0.25) is 0 Å². The van der Waals surface area contributed by atoms with Crippen LogP contribution >= 0.6 is 34.8 Å². The van der Waals surface area contributed by atoms with E-state index in [4.69, 9.17) is 44.3 Å². The molecule has 10 heteroatoms. The van der Waals surface area contributed by atoms with E-state index in [1.165, 1.54) is 24.8 Å². The number of piperazine rings is 1. The third-order valence-electron chi connectivity index (χ3n) is 4.61. The van der Waals surface area contributed by atoms with Crippen LogP contribution in [0.25, 0.3) is 0 Å². The number of rotatable bonds is 2. The summed E-state index contributed by atoms with van der Waals surface area (Å²) in [6.45, 7) is 6.54. The van der Waals surface area contributed by atoms with Crippen molar-refractivity contribution in [2.75, 3.05) is 33.2 Å². The van der Waals surface area contributed by atoms with Gasteiger partial charge in [-0.1, -0.05) is 40.9 Å². The van der Waals surface area contributed by atoms with Gasteiger partial charge in [0.1, 0.15) is 0 Å². The van der Waals surface area contributed by atoms with Crippen molar-refractivity contribution >= 4 is 46.6 Å². The largest absolute Gasteiger partial charge is 0.575 e. The molecular weight excluding hydrogens is 419 g/mol. The van der Waals surface area contributed by atoms with E-state index in [1.807, 2.05) is 0 Å². The second kappa shape index (κ2) is 9.01. The van der Waals surface area contributed by atoms with Gasteiger partial charge in [-0.05, 0) is 19.9 Å². The lowest BCUT2D eigenvalue weighted by Crippen LogP contribution is -3.12. The Morgan fingerprint density at radius 1 is 1.22 bits per heavy atom. The number of ketones is 1.